The third-order valence-corrected chi connectivity index (χ3v) is 4.79. The second kappa shape index (κ2) is 6.66. The normalized spacial score (nSPS) is 19.8. The van der Waals surface area contributed by atoms with Gasteiger partial charge in [-0.25, -0.2) is 4.98 Å². The first-order valence-corrected chi connectivity index (χ1v) is 8.27. The molecule has 0 bridgehead atoms. The summed E-state index contributed by atoms with van der Waals surface area (Å²) in [4.78, 5) is 7.18. The first-order chi connectivity index (χ1) is 10.3. The van der Waals surface area contributed by atoms with Crippen molar-refractivity contribution < 1.29 is 4.74 Å². The average molecular weight is 303 g/mol. The van der Waals surface area contributed by atoms with Crippen molar-refractivity contribution in [3.63, 3.8) is 0 Å². The number of rotatable bonds is 4. The average Bonchev–Trinajstić information content (AvgIpc) is 3.05. The van der Waals surface area contributed by atoms with Gasteiger partial charge in [0.25, 0.3) is 0 Å². The number of morpholine rings is 1. The second-order valence-electron chi connectivity index (χ2n) is 5.23. The minimum absolute atomic E-state index is 0.107. The smallest absolute Gasteiger partial charge is 0.124 e. The summed E-state index contributed by atoms with van der Waals surface area (Å²) < 4.78 is 5.88. The summed E-state index contributed by atoms with van der Waals surface area (Å²) in [5.74, 6) is 0. The van der Waals surface area contributed by atoms with Gasteiger partial charge in [0.05, 0.1) is 12.3 Å². The fourth-order valence-electron chi connectivity index (χ4n) is 2.56. The van der Waals surface area contributed by atoms with Crippen LogP contribution in [0, 0.1) is 0 Å². The van der Waals surface area contributed by atoms with Crippen molar-refractivity contribution in [1.29, 1.82) is 0 Å². The first-order valence-electron chi connectivity index (χ1n) is 7.39. The van der Waals surface area contributed by atoms with Gasteiger partial charge >= 0.3 is 0 Å². The van der Waals surface area contributed by atoms with E-state index in [1.807, 2.05) is 12.1 Å². The molecule has 112 valence electrons. The number of hydrogen-bond acceptors (Lipinski definition) is 5. The van der Waals surface area contributed by atoms with Crippen LogP contribution in [0.3, 0.4) is 0 Å². The largest absolute Gasteiger partial charge is 0.368 e. The van der Waals surface area contributed by atoms with Crippen LogP contribution in [0.15, 0.2) is 29.6 Å². The molecule has 2 N–H and O–H groups in total. The van der Waals surface area contributed by atoms with Gasteiger partial charge in [-0.2, -0.15) is 0 Å². The molecule has 0 aliphatic carbocycles. The molecule has 21 heavy (non-hydrogen) atoms. The molecule has 1 aromatic heterocycles. The lowest BCUT2D eigenvalue weighted by atomic mass is 10.1. The maximum Gasteiger partial charge on any atom is 0.124 e. The summed E-state index contributed by atoms with van der Waals surface area (Å²) >= 11 is 1.68. The van der Waals surface area contributed by atoms with Crippen molar-refractivity contribution in [2.75, 3.05) is 26.2 Å². The zero-order valence-corrected chi connectivity index (χ0v) is 13.1. The molecule has 0 amide bonds. The Kier molecular flexibility index (Phi) is 4.65. The van der Waals surface area contributed by atoms with Gasteiger partial charge in [0, 0.05) is 30.6 Å². The Hall–Kier alpha value is -1.27. The van der Waals surface area contributed by atoms with E-state index in [4.69, 9.17) is 15.5 Å². The second-order valence-corrected chi connectivity index (χ2v) is 6.12. The number of likely N-dealkylation sites (N-methyl/N-ethyl adjacent to an activating group) is 1. The maximum atomic E-state index is 5.88. The summed E-state index contributed by atoms with van der Waals surface area (Å²) in [6, 6.07) is 8.27. The van der Waals surface area contributed by atoms with Crippen molar-refractivity contribution >= 4 is 11.3 Å². The first kappa shape index (κ1) is 14.7. The monoisotopic (exact) mass is 303 g/mol. The fraction of sp³-hybridized carbons (Fsp3) is 0.438. The van der Waals surface area contributed by atoms with Crippen molar-refractivity contribution in [3.05, 3.63) is 40.2 Å². The van der Waals surface area contributed by atoms with Crippen LogP contribution in [0.5, 0.6) is 0 Å². The van der Waals surface area contributed by atoms with Crippen molar-refractivity contribution in [3.8, 4) is 11.3 Å². The van der Waals surface area contributed by atoms with Gasteiger partial charge in [-0.05, 0) is 18.2 Å². The van der Waals surface area contributed by atoms with Crippen LogP contribution in [0.4, 0.5) is 0 Å². The summed E-state index contributed by atoms with van der Waals surface area (Å²) in [6.07, 6.45) is 0.107. The molecular weight excluding hydrogens is 282 g/mol. The van der Waals surface area contributed by atoms with Crippen molar-refractivity contribution in [1.82, 2.24) is 9.88 Å². The van der Waals surface area contributed by atoms with Crippen LogP contribution in [-0.4, -0.2) is 36.1 Å². The molecule has 4 nitrogen and oxygen atoms in total. The van der Waals surface area contributed by atoms with Crippen LogP contribution in [0.1, 0.15) is 23.6 Å². The number of thiazole rings is 1. The number of nitrogens with zero attached hydrogens (tertiary/aromatic N) is 2. The summed E-state index contributed by atoms with van der Waals surface area (Å²) in [5.41, 5.74) is 8.98. The molecule has 1 saturated heterocycles. The summed E-state index contributed by atoms with van der Waals surface area (Å²) in [7, 11) is 0. The Morgan fingerprint density at radius 2 is 2.38 bits per heavy atom. The van der Waals surface area contributed by atoms with E-state index in [1.54, 1.807) is 11.3 Å². The molecule has 1 unspecified atom stereocenters. The van der Waals surface area contributed by atoms with Gasteiger partial charge in [-0.15, -0.1) is 11.3 Å². The summed E-state index contributed by atoms with van der Waals surface area (Å²) in [5, 5.41) is 3.18. The van der Waals surface area contributed by atoms with Crippen LogP contribution in [0.2, 0.25) is 0 Å². The van der Waals surface area contributed by atoms with E-state index in [1.165, 1.54) is 0 Å². The minimum Gasteiger partial charge on any atom is -0.368 e. The molecule has 2 aromatic rings. The molecule has 5 heteroatoms. The minimum atomic E-state index is 0.107. The molecule has 1 aromatic carbocycles. The SMILES string of the molecule is CCN1CCOC(c2nc(-c3cccc(CN)c3)cs2)C1. The molecule has 3 rings (SSSR count). The van der Waals surface area contributed by atoms with Crippen LogP contribution < -0.4 is 5.73 Å². The molecular formula is C16H21N3OS. The number of nitrogens with two attached hydrogens (primary N) is 1. The lowest BCUT2D eigenvalue weighted by Gasteiger charge is -2.30. The van der Waals surface area contributed by atoms with E-state index in [-0.39, 0.29) is 6.10 Å². The molecule has 0 saturated carbocycles. The van der Waals surface area contributed by atoms with E-state index in [0.717, 1.165) is 48.1 Å². The standard InChI is InChI=1S/C16H21N3OS/c1-2-19-6-7-20-15(10-19)16-18-14(11-21-16)13-5-3-4-12(8-13)9-17/h3-5,8,11,15H,2,6-7,9-10,17H2,1H3. The predicted molar refractivity (Wildman–Crippen MR) is 86.2 cm³/mol. The maximum absolute atomic E-state index is 5.88. The highest BCUT2D eigenvalue weighted by atomic mass is 32.1. The summed E-state index contributed by atoms with van der Waals surface area (Å²) in [6.45, 7) is 6.55. The molecule has 0 spiro atoms. The third kappa shape index (κ3) is 3.32. The van der Waals surface area contributed by atoms with E-state index in [0.29, 0.717) is 6.54 Å². The zero-order chi connectivity index (χ0) is 14.7. The fourth-order valence-corrected chi connectivity index (χ4v) is 3.43. The Bertz CT molecular complexity index is 599. The van der Waals surface area contributed by atoms with Crippen molar-refractivity contribution in [2.24, 2.45) is 5.73 Å². The van der Waals surface area contributed by atoms with E-state index in [2.05, 4.69) is 29.3 Å². The number of aromatic nitrogens is 1. The lowest BCUT2D eigenvalue weighted by molar-refractivity contribution is -0.0282. The van der Waals surface area contributed by atoms with E-state index >= 15 is 0 Å². The van der Waals surface area contributed by atoms with Gasteiger partial charge in [0.1, 0.15) is 11.1 Å². The van der Waals surface area contributed by atoms with Gasteiger partial charge in [-0.1, -0.05) is 25.1 Å². The highest BCUT2D eigenvalue weighted by molar-refractivity contribution is 7.10. The van der Waals surface area contributed by atoms with Crippen molar-refractivity contribution in [2.45, 2.75) is 19.6 Å². The van der Waals surface area contributed by atoms with E-state index in [9.17, 15) is 0 Å². The Balaban J connectivity index is 1.79. The zero-order valence-electron chi connectivity index (χ0n) is 12.3. The van der Waals surface area contributed by atoms with Gasteiger partial charge in [-0.3, -0.25) is 4.90 Å². The highest BCUT2D eigenvalue weighted by Crippen LogP contribution is 2.29. The Labute approximate surface area is 129 Å². The number of hydrogen-bond donors (Lipinski definition) is 1. The number of benzene rings is 1. The quantitative estimate of drug-likeness (QED) is 0.943. The van der Waals surface area contributed by atoms with Gasteiger partial charge in [0.15, 0.2) is 0 Å². The number of ether oxygens (including phenoxy) is 1. The van der Waals surface area contributed by atoms with Crippen LogP contribution >= 0.6 is 11.3 Å². The van der Waals surface area contributed by atoms with Gasteiger partial charge < -0.3 is 10.5 Å². The third-order valence-electron chi connectivity index (χ3n) is 3.85. The molecule has 1 aliphatic heterocycles. The van der Waals surface area contributed by atoms with Crippen LogP contribution in [-0.2, 0) is 11.3 Å². The predicted octanol–water partition coefficient (Wildman–Crippen LogP) is 2.66. The van der Waals surface area contributed by atoms with E-state index < -0.39 is 0 Å². The lowest BCUT2D eigenvalue weighted by Crippen LogP contribution is -2.37. The Morgan fingerprint density at radius 3 is 3.19 bits per heavy atom. The molecule has 0 radical (unpaired) electrons. The molecule has 1 atom stereocenters. The molecule has 1 aliphatic rings. The van der Waals surface area contributed by atoms with Crippen LogP contribution in [0.25, 0.3) is 11.3 Å². The molecule has 1 fully saturated rings. The molecule has 2 heterocycles. The Morgan fingerprint density at radius 1 is 1.48 bits per heavy atom. The van der Waals surface area contributed by atoms with Gasteiger partial charge in [0.2, 0.25) is 0 Å². The highest BCUT2D eigenvalue weighted by Gasteiger charge is 2.23. The topological polar surface area (TPSA) is 51.4 Å².